The van der Waals surface area contributed by atoms with E-state index in [0.29, 0.717) is 25.1 Å². The Hall–Kier alpha value is -2.14. The van der Waals surface area contributed by atoms with Gasteiger partial charge in [-0.05, 0) is 18.2 Å². The fourth-order valence-corrected chi connectivity index (χ4v) is 4.24. The van der Waals surface area contributed by atoms with Crippen molar-refractivity contribution in [3.05, 3.63) is 69.7 Å². The predicted molar refractivity (Wildman–Crippen MR) is 94.4 cm³/mol. The minimum Gasteiger partial charge on any atom is -0.310 e. The second kappa shape index (κ2) is 5.45. The van der Waals surface area contributed by atoms with Crippen molar-refractivity contribution in [1.29, 1.82) is 0 Å². The first-order valence-corrected chi connectivity index (χ1v) is 8.88. The topological polar surface area (TPSA) is 40.6 Å². The van der Waals surface area contributed by atoms with Gasteiger partial charge >= 0.3 is 0 Å². The molecular weight excluding hydrogens is 368 g/mol. The molecule has 0 N–H and O–H groups in total. The third-order valence-corrected chi connectivity index (χ3v) is 5.49. The lowest BCUT2D eigenvalue weighted by molar-refractivity contribution is -0.136. The number of rotatable bonds is 2. The summed E-state index contributed by atoms with van der Waals surface area (Å²) < 4.78 is 0.971. The molecule has 0 radical (unpaired) electrons. The third kappa shape index (κ3) is 1.85. The summed E-state index contributed by atoms with van der Waals surface area (Å²) in [5.74, 6) is 0.0600. The molecule has 2 aromatic carbocycles. The quantitative estimate of drug-likeness (QED) is 0.796. The van der Waals surface area contributed by atoms with Gasteiger partial charge in [-0.15, -0.1) is 0 Å². The van der Waals surface area contributed by atoms with Crippen LogP contribution in [0.15, 0.2) is 53.0 Å². The Morgan fingerprint density at radius 3 is 2.54 bits per heavy atom. The Morgan fingerprint density at radius 2 is 1.83 bits per heavy atom. The highest BCUT2D eigenvalue weighted by atomic mass is 79.9. The Bertz CT molecular complexity index is 834. The van der Waals surface area contributed by atoms with E-state index in [1.165, 1.54) is 0 Å². The zero-order valence-electron chi connectivity index (χ0n) is 13.3. The molecule has 1 unspecified atom stereocenters. The Balaban J connectivity index is 2.02. The van der Waals surface area contributed by atoms with Gasteiger partial charge < -0.3 is 9.80 Å². The van der Waals surface area contributed by atoms with Crippen LogP contribution in [0.2, 0.25) is 0 Å². The van der Waals surface area contributed by atoms with Crippen molar-refractivity contribution in [2.24, 2.45) is 0 Å². The lowest BCUT2D eigenvalue weighted by atomic mass is 9.89. The molecule has 2 aliphatic heterocycles. The number of carbonyl (C=O) groups is 2. The van der Waals surface area contributed by atoms with Crippen LogP contribution in [0.1, 0.15) is 34.8 Å². The average molecular weight is 385 g/mol. The van der Waals surface area contributed by atoms with E-state index >= 15 is 0 Å². The molecule has 2 amide bonds. The molecule has 2 aliphatic rings. The highest BCUT2D eigenvalue weighted by molar-refractivity contribution is 9.10. The maximum atomic E-state index is 13.0. The van der Waals surface area contributed by atoms with E-state index in [1.54, 1.807) is 0 Å². The van der Waals surface area contributed by atoms with Gasteiger partial charge in [-0.3, -0.25) is 9.59 Å². The monoisotopic (exact) mass is 384 g/mol. The van der Waals surface area contributed by atoms with E-state index in [2.05, 4.69) is 15.9 Å². The van der Waals surface area contributed by atoms with E-state index in [-0.39, 0.29) is 11.8 Å². The first-order chi connectivity index (χ1) is 11.6. The molecule has 5 heteroatoms. The van der Waals surface area contributed by atoms with E-state index in [4.69, 9.17) is 0 Å². The number of fused-ring (bicyclic) bond motifs is 3. The van der Waals surface area contributed by atoms with E-state index < -0.39 is 5.66 Å². The number of amides is 2. The van der Waals surface area contributed by atoms with Crippen molar-refractivity contribution in [3.63, 3.8) is 0 Å². The Kier molecular flexibility index (Phi) is 3.49. The standard InChI is InChI=1S/C19H17BrN2O2/c1-2-17(23)21-11-12-22-18(24)15-5-3-4-6-16(15)19(21,22)13-7-9-14(20)10-8-13/h3-10H,2,11-12H2,1H3. The van der Waals surface area contributed by atoms with Crippen molar-refractivity contribution in [1.82, 2.24) is 9.80 Å². The summed E-state index contributed by atoms with van der Waals surface area (Å²) in [7, 11) is 0. The van der Waals surface area contributed by atoms with Crippen LogP contribution in [0.3, 0.4) is 0 Å². The SMILES string of the molecule is CCC(=O)N1CCN2C(=O)c3ccccc3C12c1ccc(Br)cc1. The summed E-state index contributed by atoms with van der Waals surface area (Å²) in [6.45, 7) is 2.97. The van der Waals surface area contributed by atoms with Gasteiger partial charge in [0.05, 0.1) is 0 Å². The first-order valence-electron chi connectivity index (χ1n) is 8.08. The van der Waals surface area contributed by atoms with Gasteiger partial charge in [-0.2, -0.15) is 0 Å². The minimum absolute atomic E-state index is 0.0000724. The maximum absolute atomic E-state index is 13.0. The summed E-state index contributed by atoms with van der Waals surface area (Å²) >= 11 is 3.46. The number of hydrogen-bond donors (Lipinski definition) is 0. The van der Waals surface area contributed by atoms with Crippen LogP contribution in [0.4, 0.5) is 0 Å². The summed E-state index contributed by atoms with van der Waals surface area (Å²) in [6.07, 6.45) is 0.419. The molecule has 0 aliphatic carbocycles. The van der Waals surface area contributed by atoms with Gasteiger partial charge in [0.25, 0.3) is 5.91 Å². The zero-order valence-corrected chi connectivity index (χ0v) is 14.9. The van der Waals surface area contributed by atoms with Crippen LogP contribution < -0.4 is 0 Å². The molecule has 0 bridgehead atoms. The van der Waals surface area contributed by atoms with E-state index in [0.717, 1.165) is 15.6 Å². The van der Waals surface area contributed by atoms with Gasteiger partial charge in [-0.1, -0.05) is 53.2 Å². The molecular formula is C19H17BrN2O2. The van der Waals surface area contributed by atoms with Gasteiger partial charge in [-0.25, -0.2) is 0 Å². The number of nitrogens with zero attached hydrogens (tertiary/aromatic N) is 2. The molecule has 0 spiro atoms. The third-order valence-electron chi connectivity index (χ3n) is 4.96. The number of halogens is 1. The summed E-state index contributed by atoms with van der Waals surface area (Å²) in [4.78, 5) is 29.4. The second-order valence-corrected chi connectivity index (χ2v) is 7.00. The molecule has 2 heterocycles. The summed E-state index contributed by atoms with van der Waals surface area (Å²) in [5.41, 5.74) is 1.72. The molecule has 1 fully saturated rings. The van der Waals surface area contributed by atoms with Crippen LogP contribution in [0, 0.1) is 0 Å². The van der Waals surface area contributed by atoms with Crippen LogP contribution in [-0.2, 0) is 10.5 Å². The zero-order chi connectivity index (χ0) is 16.9. The van der Waals surface area contributed by atoms with Crippen molar-refractivity contribution in [2.75, 3.05) is 13.1 Å². The molecule has 0 saturated carbocycles. The van der Waals surface area contributed by atoms with Crippen molar-refractivity contribution < 1.29 is 9.59 Å². The largest absolute Gasteiger partial charge is 0.310 e. The molecule has 2 aromatic rings. The predicted octanol–water partition coefficient (Wildman–Crippen LogP) is 3.36. The normalized spacial score (nSPS) is 21.8. The van der Waals surface area contributed by atoms with E-state index in [1.807, 2.05) is 65.3 Å². The average Bonchev–Trinajstić information content (AvgIpc) is 3.11. The summed E-state index contributed by atoms with van der Waals surface area (Å²) in [5, 5.41) is 0. The molecule has 4 nitrogen and oxygen atoms in total. The number of carbonyl (C=O) groups excluding carboxylic acids is 2. The molecule has 4 rings (SSSR count). The maximum Gasteiger partial charge on any atom is 0.256 e. The van der Waals surface area contributed by atoms with Gasteiger partial charge in [0, 0.05) is 40.7 Å². The Morgan fingerprint density at radius 1 is 1.12 bits per heavy atom. The highest BCUT2D eigenvalue weighted by Gasteiger charge is 2.59. The van der Waals surface area contributed by atoms with Gasteiger partial charge in [0.2, 0.25) is 5.91 Å². The van der Waals surface area contributed by atoms with Crippen LogP contribution >= 0.6 is 15.9 Å². The van der Waals surface area contributed by atoms with Gasteiger partial charge in [0.1, 0.15) is 0 Å². The van der Waals surface area contributed by atoms with Crippen LogP contribution in [-0.4, -0.2) is 34.7 Å². The highest BCUT2D eigenvalue weighted by Crippen LogP contribution is 2.49. The van der Waals surface area contributed by atoms with Crippen LogP contribution in [0.5, 0.6) is 0 Å². The van der Waals surface area contributed by atoms with Crippen molar-refractivity contribution >= 4 is 27.7 Å². The smallest absolute Gasteiger partial charge is 0.256 e. The molecule has 0 aromatic heterocycles. The fourth-order valence-electron chi connectivity index (χ4n) is 3.97. The molecule has 122 valence electrons. The lowest BCUT2D eigenvalue weighted by Gasteiger charge is -2.40. The van der Waals surface area contributed by atoms with Crippen molar-refractivity contribution in [3.8, 4) is 0 Å². The molecule has 24 heavy (non-hydrogen) atoms. The van der Waals surface area contributed by atoms with E-state index in [9.17, 15) is 9.59 Å². The second-order valence-electron chi connectivity index (χ2n) is 6.08. The van der Waals surface area contributed by atoms with Crippen molar-refractivity contribution in [2.45, 2.75) is 19.0 Å². The minimum atomic E-state index is -0.818. The number of benzene rings is 2. The van der Waals surface area contributed by atoms with Crippen LogP contribution in [0.25, 0.3) is 0 Å². The number of hydrogen-bond acceptors (Lipinski definition) is 2. The first kappa shape index (κ1) is 15.4. The summed E-state index contributed by atoms with van der Waals surface area (Å²) in [6, 6.07) is 15.5. The molecule has 1 atom stereocenters. The Labute approximate surface area is 149 Å². The molecule has 1 saturated heterocycles. The fraction of sp³-hybridized carbons (Fsp3) is 0.263. The van der Waals surface area contributed by atoms with Gasteiger partial charge in [0.15, 0.2) is 5.66 Å². The lowest BCUT2D eigenvalue weighted by Crippen LogP contribution is -2.51.